The SMILES string of the molecule is Cc1nccc(NCCC(C)c2ccccc2)n1. The molecule has 0 amide bonds. The molecule has 0 spiro atoms. The smallest absolute Gasteiger partial charge is 0.129 e. The molecule has 0 bridgehead atoms. The highest BCUT2D eigenvalue weighted by Crippen LogP contribution is 2.18. The van der Waals surface area contributed by atoms with Crippen LogP contribution in [0, 0.1) is 6.92 Å². The van der Waals surface area contributed by atoms with Crippen LogP contribution in [0.4, 0.5) is 5.82 Å². The summed E-state index contributed by atoms with van der Waals surface area (Å²) in [6.45, 7) is 5.08. The van der Waals surface area contributed by atoms with Gasteiger partial charge in [0.15, 0.2) is 0 Å². The number of aromatic nitrogens is 2. The second kappa shape index (κ2) is 6.15. The van der Waals surface area contributed by atoms with Gasteiger partial charge in [-0.2, -0.15) is 0 Å². The maximum Gasteiger partial charge on any atom is 0.129 e. The van der Waals surface area contributed by atoms with Crippen molar-refractivity contribution in [3.05, 3.63) is 54.0 Å². The highest BCUT2D eigenvalue weighted by Gasteiger charge is 2.04. The molecular formula is C15H19N3. The van der Waals surface area contributed by atoms with Gasteiger partial charge in [-0.15, -0.1) is 0 Å². The molecule has 2 aromatic rings. The van der Waals surface area contributed by atoms with Crippen molar-refractivity contribution in [2.75, 3.05) is 11.9 Å². The minimum atomic E-state index is 0.557. The minimum absolute atomic E-state index is 0.557. The number of nitrogens with zero attached hydrogens (tertiary/aromatic N) is 2. The van der Waals surface area contributed by atoms with E-state index in [2.05, 4.69) is 52.5 Å². The van der Waals surface area contributed by atoms with Gasteiger partial charge < -0.3 is 5.32 Å². The van der Waals surface area contributed by atoms with Gasteiger partial charge in [0, 0.05) is 12.7 Å². The first-order valence-corrected chi connectivity index (χ1v) is 6.34. The van der Waals surface area contributed by atoms with E-state index in [4.69, 9.17) is 0 Å². The van der Waals surface area contributed by atoms with Crippen LogP contribution in [0.2, 0.25) is 0 Å². The maximum atomic E-state index is 4.32. The second-order valence-electron chi connectivity index (χ2n) is 4.52. The van der Waals surface area contributed by atoms with Gasteiger partial charge in [-0.05, 0) is 30.9 Å². The highest BCUT2D eigenvalue weighted by molar-refractivity contribution is 5.32. The highest BCUT2D eigenvalue weighted by atomic mass is 15.0. The predicted molar refractivity (Wildman–Crippen MR) is 74.7 cm³/mol. The lowest BCUT2D eigenvalue weighted by Gasteiger charge is -2.12. The Labute approximate surface area is 108 Å². The first-order chi connectivity index (χ1) is 8.75. The topological polar surface area (TPSA) is 37.8 Å². The average Bonchev–Trinajstić information content (AvgIpc) is 2.40. The molecule has 1 aromatic heterocycles. The Morgan fingerprint density at radius 2 is 1.94 bits per heavy atom. The molecule has 0 saturated carbocycles. The standard InChI is InChI=1S/C15H19N3/c1-12(14-6-4-3-5-7-14)8-10-17-15-9-11-16-13(2)18-15/h3-7,9,11-12H,8,10H2,1-2H3,(H,16,17,18). The van der Waals surface area contributed by atoms with Crippen LogP contribution in [0.1, 0.15) is 30.7 Å². The van der Waals surface area contributed by atoms with Gasteiger partial charge in [0.05, 0.1) is 0 Å². The first kappa shape index (κ1) is 12.6. The predicted octanol–water partition coefficient (Wildman–Crippen LogP) is 3.39. The molecule has 1 atom stereocenters. The molecule has 94 valence electrons. The van der Waals surface area contributed by atoms with Crippen LogP contribution in [0.5, 0.6) is 0 Å². The van der Waals surface area contributed by atoms with E-state index in [0.717, 1.165) is 24.6 Å². The number of hydrogen-bond acceptors (Lipinski definition) is 3. The molecule has 3 nitrogen and oxygen atoms in total. The monoisotopic (exact) mass is 241 g/mol. The van der Waals surface area contributed by atoms with Gasteiger partial charge in [0.25, 0.3) is 0 Å². The van der Waals surface area contributed by atoms with Gasteiger partial charge in [0.2, 0.25) is 0 Å². The van der Waals surface area contributed by atoms with E-state index in [-0.39, 0.29) is 0 Å². The average molecular weight is 241 g/mol. The number of rotatable bonds is 5. The van der Waals surface area contributed by atoms with Crippen LogP contribution in [-0.4, -0.2) is 16.5 Å². The third-order valence-electron chi connectivity index (χ3n) is 3.03. The Morgan fingerprint density at radius 1 is 1.17 bits per heavy atom. The molecule has 18 heavy (non-hydrogen) atoms. The molecule has 0 saturated heterocycles. The Balaban J connectivity index is 1.82. The Morgan fingerprint density at radius 3 is 2.67 bits per heavy atom. The van der Waals surface area contributed by atoms with Crippen molar-refractivity contribution in [3.63, 3.8) is 0 Å². The summed E-state index contributed by atoms with van der Waals surface area (Å²) < 4.78 is 0. The van der Waals surface area contributed by atoms with E-state index < -0.39 is 0 Å². The number of hydrogen-bond donors (Lipinski definition) is 1. The summed E-state index contributed by atoms with van der Waals surface area (Å²) in [5, 5.41) is 3.34. The van der Waals surface area contributed by atoms with Crippen LogP contribution < -0.4 is 5.32 Å². The zero-order chi connectivity index (χ0) is 12.8. The summed E-state index contributed by atoms with van der Waals surface area (Å²) in [4.78, 5) is 8.40. The molecule has 1 unspecified atom stereocenters. The summed E-state index contributed by atoms with van der Waals surface area (Å²) in [6, 6.07) is 12.5. The molecule has 0 aliphatic carbocycles. The fourth-order valence-electron chi connectivity index (χ4n) is 1.92. The summed E-state index contributed by atoms with van der Waals surface area (Å²) in [5.74, 6) is 2.26. The van der Waals surface area contributed by atoms with E-state index in [0.29, 0.717) is 5.92 Å². The van der Waals surface area contributed by atoms with Gasteiger partial charge in [-0.1, -0.05) is 37.3 Å². The van der Waals surface area contributed by atoms with E-state index in [1.165, 1.54) is 5.56 Å². The second-order valence-corrected chi connectivity index (χ2v) is 4.52. The van der Waals surface area contributed by atoms with Gasteiger partial charge in [-0.25, -0.2) is 9.97 Å². The van der Waals surface area contributed by atoms with Crippen LogP contribution in [0.15, 0.2) is 42.6 Å². The van der Waals surface area contributed by atoms with Crippen LogP contribution in [0.3, 0.4) is 0 Å². The molecule has 2 rings (SSSR count). The van der Waals surface area contributed by atoms with Crippen LogP contribution in [-0.2, 0) is 0 Å². The van der Waals surface area contributed by atoms with E-state index in [1.54, 1.807) is 6.20 Å². The quantitative estimate of drug-likeness (QED) is 0.872. The number of nitrogens with one attached hydrogen (secondary N) is 1. The summed E-state index contributed by atoms with van der Waals surface area (Å²) in [7, 11) is 0. The fourth-order valence-corrected chi connectivity index (χ4v) is 1.92. The van der Waals surface area contributed by atoms with Gasteiger partial charge in [0.1, 0.15) is 11.6 Å². The van der Waals surface area contributed by atoms with Crippen molar-refractivity contribution in [3.8, 4) is 0 Å². The molecule has 3 heteroatoms. The van der Waals surface area contributed by atoms with E-state index >= 15 is 0 Å². The van der Waals surface area contributed by atoms with Crippen LogP contribution >= 0.6 is 0 Å². The van der Waals surface area contributed by atoms with Crippen molar-refractivity contribution >= 4 is 5.82 Å². The number of benzene rings is 1. The molecule has 1 N–H and O–H groups in total. The zero-order valence-electron chi connectivity index (χ0n) is 10.9. The Kier molecular flexibility index (Phi) is 4.29. The molecule has 0 fully saturated rings. The van der Waals surface area contributed by atoms with Gasteiger partial charge in [-0.3, -0.25) is 0 Å². The molecule has 1 aromatic carbocycles. The molecule has 1 heterocycles. The summed E-state index contributed by atoms with van der Waals surface area (Å²) in [5.41, 5.74) is 1.39. The van der Waals surface area contributed by atoms with E-state index in [9.17, 15) is 0 Å². The molecule has 0 aliphatic rings. The van der Waals surface area contributed by atoms with Crippen molar-refractivity contribution in [1.29, 1.82) is 0 Å². The zero-order valence-corrected chi connectivity index (χ0v) is 10.9. The molecule has 0 aliphatic heterocycles. The third-order valence-corrected chi connectivity index (χ3v) is 3.03. The Hall–Kier alpha value is -1.90. The van der Waals surface area contributed by atoms with Crippen molar-refractivity contribution in [1.82, 2.24) is 9.97 Å². The van der Waals surface area contributed by atoms with Gasteiger partial charge >= 0.3 is 0 Å². The number of aryl methyl sites for hydroxylation is 1. The lowest BCUT2D eigenvalue weighted by atomic mass is 9.98. The largest absolute Gasteiger partial charge is 0.370 e. The summed E-state index contributed by atoms with van der Waals surface area (Å²) in [6.07, 6.45) is 2.87. The number of anilines is 1. The molecular weight excluding hydrogens is 222 g/mol. The third kappa shape index (κ3) is 3.55. The lowest BCUT2D eigenvalue weighted by molar-refractivity contribution is 0.704. The summed E-state index contributed by atoms with van der Waals surface area (Å²) >= 11 is 0. The lowest BCUT2D eigenvalue weighted by Crippen LogP contribution is -2.07. The van der Waals surface area contributed by atoms with E-state index in [1.807, 2.05) is 13.0 Å². The maximum absolute atomic E-state index is 4.32. The van der Waals surface area contributed by atoms with Crippen molar-refractivity contribution in [2.45, 2.75) is 26.2 Å². The Bertz CT molecular complexity index is 482. The molecule has 0 radical (unpaired) electrons. The minimum Gasteiger partial charge on any atom is -0.370 e. The van der Waals surface area contributed by atoms with Crippen LogP contribution in [0.25, 0.3) is 0 Å². The fraction of sp³-hybridized carbons (Fsp3) is 0.333. The normalized spacial score (nSPS) is 12.1. The first-order valence-electron chi connectivity index (χ1n) is 6.34. The van der Waals surface area contributed by atoms with Crippen molar-refractivity contribution in [2.24, 2.45) is 0 Å². The van der Waals surface area contributed by atoms with Crippen molar-refractivity contribution < 1.29 is 0 Å².